The molecule has 1 aromatic heterocycles. The average molecular weight is 343 g/mol. The van der Waals surface area contributed by atoms with Crippen LogP contribution in [0.2, 0.25) is 0 Å². The van der Waals surface area contributed by atoms with Gasteiger partial charge in [-0.1, -0.05) is 37.3 Å². The largest absolute Gasteiger partial charge is 0.353 e. The molecule has 1 aliphatic rings. The zero-order chi connectivity index (χ0) is 17.1. The first-order valence-corrected chi connectivity index (χ1v) is 9.41. The van der Waals surface area contributed by atoms with Crippen LogP contribution in [0.5, 0.6) is 0 Å². The summed E-state index contributed by atoms with van der Waals surface area (Å²) in [7, 11) is 3.55. The van der Waals surface area contributed by atoms with E-state index in [4.69, 9.17) is 0 Å². The van der Waals surface area contributed by atoms with E-state index in [0.29, 0.717) is 17.0 Å². The molecule has 0 bridgehead atoms. The number of amides is 1. The summed E-state index contributed by atoms with van der Waals surface area (Å²) >= 11 is 2.04. The Balaban J connectivity index is 1.78. The number of thioether (sulfide) groups is 1. The summed E-state index contributed by atoms with van der Waals surface area (Å²) in [5, 5.41) is 0.555. The molecule has 0 aliphatic carbocycles. The predicted molar refractivity (Wildman–Crippen MR) is 100 cm³/mol. The van der Waals surface area contributed by atoms with E-state index >= 15 is 0 Å². The number of nitrogens with zero attached hydrogens (tertiary/aromatic N) is 2. The minimum Gasteiger partial charge on any atom is -0.353 e. The Hall–Kier alpha value is -1.72. The Morgan fingerprint density at radius 2 is 2.00 bits per heavy atom. The van der Waals surface area contributed by atoms with Crippen LogP contribution in [0.15, 0.2) is 42.5 Å². The van der Waals surface area contributed by atoms with Crippen LogP contribution in [-0.4, -0.2) is 52.3 Å². The van der Waals surface area contributed by atoms with Gasteiger partial charge >= 0.3 is 0 Å². The van der Waals surface area contributed by atoms with E-state index in [9.17, 15) is 4.79 Å². The van der Waals surface area contributed by atoms with Crippen LogP contribution < -0.4 is 0 Å². The highest BCUT2D eigenvalue weighted by Gasteiger charge is 2.30. The molecule has 1 amide bonds. The number of benzene rings is 1. The van der Waals surface area contributed by atoms with Crippen LogP contribution in [0.25, 0.3) is 0 Å². The first-order valence-electron chi connectivity index (χ1n) is 8.36. The van der Waals surface area contributed by atoms with Crippen LogP contribution in [0.3, 0.4) is 0 Å². The summed E-state index contributed by atoms with van der Waals surface area (Å²) in [6.45, 7) is 4.21. The fourth-order valence-corrected chi connectivity index (χ4v) is 4.53. The number of aromatic nitrogens is 1. The molecule has 1 fully saturated rings. The minimum absolute atomic E-state index is 0.0171. The highest BCUT2D eigenvalue weighted by atomic mass is 32.2. The molecule has 3 rings (SSSR count). The third-order valence-corrected chi connectivity index (χ3v) is 5.70. The Morgan fingerprint density at radius 3 is 2.71 bits per heavy atom. The Labute approximate surface area is 148 Å². The SMILES string of the molecule is C[C@H]1SCCN(Cc2ccc(C(=O)N(C)C)[nH]2)[C@@H]1c1ccccc1. The van der Waals surface area contributed by atoms with Crippen molar-refractivity contribution in [1.29, 1.82) is 0 Å². The van der Waals surface area contributed by atoms with Gasteiger partial charge in [-0.2, -0.15) is 11.8 Å². The molecule has 4 nitrogen and oxygen atoms in total. The van der Waals surface area contributed by atoms with Gasteiger partial charge in [-0.15, -0.1) is 0 Å². The lowest BCUT2D eigenvalue weighted by Crippen LogP contribution is -2.39. The summed E-state index contributed by atoms with van der Waals surface area (Å²) in [6, 6.07) is 15.1. The molecular formula is C19H25N3OS. The second-order valence-corrected chi connectivity index (χ2v) is 7.98. The molecule has 128 valence electrons. The maximum absolute atomic E-state index is 12.1. The van der Waals surface area contributed by atoms with Crippen molar-refractivity contribution in [3.05, 3.63) is 59.4 Å². The van der Waals surface area contributed by atoms with Crippen LogP contribution in [-0.2, 0) is 6.54 Å². The maximum atomic E-state index is 12.1. The van der Waals surface area contributed by atoms with Gasteiger partial charge in [-0.25, -0.2) is 0 Å². The number of rotatable bonds is 4. The number of carbonyl (C=O) groups is 1. The molecule has 5 heteroatoms. The van der Waals surface area contributed by atoms with Gasteiger partial charge < -0.3 is 9.88 Å². The zero-order valence-corrected chi connectivity index (χ0v) is 15.3. The summed E-state index contributed by atoms with van der Waals surface area (Å²) in [5.41, 5.74) is 3.12. The second-order valence-electron chi connectivity index (χ2n) is 6.50. The quantitative estimate of drug-likeness (QED) is 0.925. The highest BCUT2D eigenvalue weighted by Crippen LogP contribution is 2.36. The van der Waals surface area contributed by atoms with Gasteiger partial charge in [-0.3, -0.25) is 9.69 Å². The molecule has 1 saturated heterocycles. The summed E-state index contributed by atoms with van der Waals surface area (Å²) < 4.78 is 0. The maximum Gasteiger partial charge on any atom is 0.269 e. The lowest BCUT2D eigenvalue weighted by molar-refractivity contribution is 0.0822. The molecule has 0 radical (unpaired) electrons. The van der Waals surface area contributed by atoms with Crippen LogP contribution in [0.1, 0.15) is 34.7 Å². The van der Waals surface area contributed by atoms with E-state index in [1.807, 2.05) is 23.9 Å². The smallest absolute Gasteiger partial charge is 0.269 e. The topological polar surface area (TPSA) is 39.3 Å². The van der Waals surface area contributed by atoms with Crippen molar-refractivity contribution in [2.75, 3.05) is 26.4 Å². The molecule has 0 unspecified atom stereocenters. The van der Waals surface area contributed by atoms with Gasteiger partial charge in [0.25, 0.3) is 5.91 Å². The fourth-order valence-electron chi connectivity index (χ4n) is 3.31. The van der Waals surface area contributed by atoms with Gasteiger partial charge in [0.05, 0.1) is 0 Å². The minimum atomic E-state index is 0.0171. The van der Waals surface area contributed by atoms with Crippen molar-refractivity contribution >= 4 is 17.7 Å². The number of H-pyrrole nitrogens is 1. The first kappa shape index (κ1) is 17.1. The summed E-state index contributed by atoms with van der Waals surface area (Å²) in [4.78, 5) is 19.5. The first-order chi connectivity index (χ1) is 11.6. The number of hydrogen-bond acceptors (Lipinski definition) is 3. The number of nitrogens with one attached hydrogen (secondary N) is 1. The Bertz CT molecular complexity index is 683. The standard InChI is InChI=1S/C19H25N3OS/c1-14-18(15-7-5-4-6-8-15)22(11-12-24-14)13-16-9-10-17(20-16)19(23)21(2)3/h4-10,14,18,20H,11-13H2,1-3H3/t14-,18+/m1/s1. The van der Waals surface area contributed by atoms with Gasteiger partial charge in [-0.05, 0) is 17.7 Å². The van der Waals surface area contributed by atoms with E-state index in [2.05, 4.69) is 47.1 Å². The monoisotopic (exact) mass is 343 g/mol. The Kier molecular flexibility index (Phi) is 5.31. The van der Waals surface area contributed by atoms with Crippen molar-refractivity contribution in [2.45, 2.75) is 24.8 Å². The van der Waals surface area contributed by atoms with Gasteiger partial charge in [0.2, 0.25) is 0 Å². The van der Waals surface area contributed by atoms with Crippen molar-refractivity contribution < 1.29 is 4.79 Å². The fraction of sp³-hybridized carbons (Fsp3) is 0.421. The third-order valence-electron chi connectivity index (χ3n) is 4.49. The predicted octanol–water partition coefficient (Wildman–Crippen LogP) is 3.40. The molecule has 2 aromatic rings. The number of carbonyl (C=O) groups excluding carboxylic acids is 1. The summed E-state index contributed by atoms with van der Waals surface area (Å²) in [6.07, 6.45) is 0. The normalized spacial score (nSPS) is 21.6. The van der Waals surface area contributed by atoms with Gasteiger partial charge in [0.1, 0.15) is 5.69 Å². The molecule has 2 atom stereocenters. The molecule has 1 aliphatic heterocycles. The van der Waals surface area contributed by atoms with Crippen molar-refractivity contribution in [1.82, 2.24) is 14.8 Å². The number of hydrogen-bond donors (Lipinski definition) is 1. The van der Waals surface area contributed by atoms with E-state index in [-0.39, 0.29) is 5.91 Å². The van der Waals surface area contributed by atoms with E-state index in [1.165, 1.54) is 5.56 Å². The number of aromatic amines is 1. The highest BCUT2D eigenvalue weighted by molar-refractivity contribution is 8.00. The van der Waals surface area contributed by atoms with Crippen LogP contribution in [0, 0.1) is 0 Å². The van der Waals surface area contributed by atoms with E-state index in [1.54, 1.807) is 19.0 Å². The lowest BCUT2D eigenvalue weighted by atomic mass is 10.0. The summed E-state index contributed by atoms with van der Waals surface area (Å²) in [5.74, 6) is 1.16. The second kappa shape index (κ2) is 7.45. The van der Waals surface area contributed by atoms with E-state index in [0.717, 1.165) is 24.5 Å². The molecule has 24 heavy (non-hydrogen) atoms. The van der Waals surface area contributed by atoms with Crippen molar-refractivity contribution in [3.63, 3.8) is 0 Å². The molecule has 1 N–H and O–H groups in total. The molecule has 1 aromatic carbocycles. The van der Waals surface area contributed by atoms with Crippen LogP contribution >= 0.6 is 11.8 Å². The average Bonchev–Trinajstić information content (AvgIpc) is 3.03. The third kappa shape index (κ3) is 3.68. The van der Waals surface area contributed by atoms with Crippen molar-refractivity contribution in [3.8, 4) is 0 Å². The molecule has 0 saturated carbocycles. The van der Waals surface area contributed by atoms with Crippen molar-refractivity contribution in [2.24, 2.45) is 0 Å². The molecule has 2 heterocycles. The molecular weight excluding hydrogens is 318 g/mol. The Morgan fingerprint density at radius 1 is 1.25 bits per heavy atom. The van der Waals surface area contributed by atoms with Gasteiger partial charge in [0.15, 0.2) is 0 Å². The van der Waals surface area contributed by atoms with Crippen LogP contribution in [0.4, 0.5) is 0 Å². The molecule has 0 spiro atoms. The zero-order valence-electron chi connectivity index (χ0n) is 14.5. The van der Waals surface area contributed by atoms with E-state index < -0.39 is 0 Å². The lowest BCUT2D eigenvalue weighted by Gasteiger charge is -2.39. The van der Waals surface area contributed by atoms with Gasteiger partial charge in [0, 0.05) is 49.9 Å².